The molecule has 6 rings (SSSR count). The van der Waals surface area contributed by atoms with E-state index in [9.17, 15) is 61.0 Å². The van der Waals surface area contributed by atoms with Crippen molar-refractivity contribution >= 4 is 11.0 Å². The van der Waals surface area contributed by atoms with Gasteiger partial charge in [-0.05, 0) is 31.2 Å². The zero-order valence-electron chi connectivity index (χ0n) is 26.7. The van der Waals surface area contributed by atoms with Gasteiger partial charge in [0.15, 0.2) is 24.4 Å². The second-order valence-corrected chi connectivity index (χ2v) is 12.6. The van der Waals surface area contributed by atoms with Gasteiger partial charge in [-0.1, -0.05) is 0 Å². The molecule has 13 atom stereocenters. The molecule has 0 radical (unpaired) electrons. The summed E-state index contributed by atoms with van der Waals surface area (Å²) >= 11 is 0. The number of fused-ring (bicyclic) bond motifs is 1. The summed E-state index contributed by atoms with van der Waals surface area (Å²) in [7, 11) is 0. The Kier molecular flexibility index (Phi) is 10.5. The molecule has 51 heavy (non-hydrogen) atoms. The molecule has 19 heteroatoms. The minimum Gasteiger partial charge on any atom is -0.508 e. The molecule has 3 fully saturated rings. The van der Waals surface area contributed by atoms with Crippen LogP contribution in [0.1, 0.15) is 6.92 Å². The molecular formula is C32H38O19. The predicted octanol–water partition coefficient (Wildman–Crippen LogP) is -2.93. The van der Waals surface area contributed by atoms with Crippen molar-refractivity contribution in [3.05, 3.63) is 46.6 Å². The number of phenols is 3. The first kappa shape index (κ1) is 37.1. The van der Waals surface area contributed by atoms with Gasteiger partial charge in [-0.25, -0.2) is 0 Å². The molecule has 3 aliphatic rings. The molecule has 2 aromatic carbocycles. The van der Waals surface area contributed by atoms with Gasteiger partial charge in [0, 0.05) is 17.7 Å². The number of hydrogen-bond acceptors (Lipinski definition) is 19. The van der Waals surface area contributed by atoms with Crippen LogP contribution in [0.5, 0.6) is 23.0 Å². The molecule has 0 unspecified atom stereocenters. The Balaban J connectivity index is 1.38. The van der Waals surface area contributed by atoms with E-state index in [-0.39, 0.29) is 22.7 Å². The highest BCUT2D eigenvalue weighted by atomic mass is 16.8. The second-order valence-electron chi connectivity index (χ2n) is 12.6. The normalized spacial score (nSPS) is 37.1. The summed E-state index contributed by atoms with van der Waals surface area (Å²) < 4.78 is 39.9. The Morgan fingerprint density at radius 3 is 2.22 bits per heavy atom. The highest BCUT2D eigenvalue weighted by Crippen LogP contribution is 2.39. The summed E-state index contributed by atoms with van der Waals surface area (Å²) in [4.78, 5) is 14.0. The molecule has 280 valence electrons. The first-order chi connectivity index (χ1) is 24.1. The van der Waals surface area contributed by atoms with Crippen molar-refractivity contribution in [3.63, 3.8) is 0 Å². The van der Waals surface area contributed by atoms with Crippen LogP contribution in [-0.4, -0.2) is 155 Å². The van der Waals surface area contributed by atoms with E-state index in [0.29, 0.717) is 0 Å². The molecule has 0 aliphatic carbocycles. The van der Waals surface area contributed by atoms with E-state index in [1.165, 1.54) is 31.2 Å². The molecular weight excluding hydrogens is 688 g/mol. The SMILES string of the molecule is C[C@@H]1O[C@@H](OC[C@@H]2O[C@H](Oc3c(-c4ccc(O)cc4)oc4cc(O)cc(O)c4c3=O)[C@@H](O[C@@H]3OC[C@](O)(CO)[C@H]3O)[C@H](O)[C@@H]2O)[C@H](O)[C@H](O)[C@H]1O. The van der Waals surface area contributed by atoms with Gasteiger partial charge in [0.25, 0.3) is 0 Å². The maximum atomic E-state index is 14.0. The van der Waals surface area contributed by atoms with E-state index in [1.54, 1.807) is 0 Å². The summed E-state index contributed by atoms with van der Waals surface area (Å²) in [5.41, 5.74) is -3.31. The average molecular weight is 727 g/mol. The van der Waals surface area contributed by atoms with Gasteiger partial charge in [-0.15, -0.1) is 0 Å². The van der Waals surface area contributed by atoms with Crippen molar-refractivity contribution in [1.82, 2.24) is 0 Å². The lowest BCUT2D eigenvalue weighted by Gasteiger charge is -2.44. The number of aromatic hydroxyl groups is 3. The van der Waals surface area contributed by atoms with Gasteiger partial charge in [0.2, 0.25) is 17.5 Å². The molecule has 0 amide bonds. The van der Waals surface area contributed by atoms with Gasteiger partial charge in [-0.3, -0.25) is 4.79 Å². The summed E-state index contributed by atoms with van der Waals surface area (Å²) in [6.07, 6.45) is -20.2. The van der Waals surface area contributed by atoms with Crippen molar-refractivity contribution in [2.75, 3.05) is 19.8 Å². The minimum atomic E-state index is -2.17. The van der Waals surface area contributed by atoms with E-state index < -0.39 is 127 Å². The summed E-state index contributed by atoms with van der Waals surface area (Å²) in [5, 5.41) is 114. The van der Waals surface area contributed by atoms with E-state index in [1.807, 2.05) is 0 Å². The maximum absolute atomic E-state index is 14.0. The Bertz CT molecular complexity index is 1750. The molecule has 19 nitrogen and oxygen atoms in total. The van der Waals surface area contributed by atoms with Crippen LogP contribution in [0, 0.1) is 0 Å². The lowest BCUT2D eigenvalue weighted by Crippen LogP contribution is -2.63. The number of phenolic OH excluding ortho intramolecular Hbond substituents is 3. The highest BCUT2D eigenvalue weighted by molar-refractivity contribution is 5.88. The molecule has 3 aliphatic heterocycles. The molecule has 0 bridgehead atoms. The van der Waals surface area contributed by atoms with Crippen molar-refractivity contribution < 1.29 is 89.0 Å². The molecule has 3 aromatic rings. The molecule has 4 heterocycles. The monoisotopic (exact) mass is 726 g/mol. The summed E-state index contributed by atoms with van der Waals surface area (Å²) in [5.74, 6) is -2.27. The van der Waals surface area contributed by atoms with Crippen LogP contribution in [0.25, 0.3) is 22.3 Å². The number of aliphatic hydroxyl groups excluding tert-OH is 7. The van der Waals surface area contributed by atoms with E-state index in [0.717, 1.165) is 12.1 Å². The first-order valence-electron chi connectivity index (χ1n) is 15.7. The minimum absolute atomic E-state index is 0.138. The maximum Gasteiger partial charge on any atom is 0.239 e. The number of rotatable bonds is 9. The standard InChI is InChI=1S/C32H38O19/c1-11-19(37)22(40)24(42)29(47-11)45-8-17-20(38)23(41)27(51-31-28(43)32(44,9-33)10-46-31)30(49-17)50-26-21(39)18-15(36)6-14(35)7-16(18)48-25(26)12-2-4-13(34)5-3-12/h2-7,11,17,19-20,22-24,27-31,33-38,40-44H,8-10H2,1H3/t11-,17-,19-,20+,22+,23+,24+,27-,28-,29+,30+,31-,32+/m0/s1. The van der Waals surface area contributed by atoms with Crippen molar-refractivity contribution in [2.45, 2.75) is 86.3 Å². The van der Waals surface area contributed by atoms with Gasteiger partial charge in [0.05, 0.1) is 25.9 Å². The third-order valence-electron chi connectivity index (χ3n) is 9.03. The predicted molar refractivity (Wildman–Crippen MR) is 165 cm³/mol. The summed E-state index contributed by atoms with van der Waals surface area (Å²) in [6.45, 7) is -0.787. The number of benzene rings is 2. The Hall–Kier alpha value is -3.67. The number of aliphatic hydroxyl groups is 8. The Labute approximate surface area is 287 Å². The Morgan fingerprint density at radius 1 is 0.843 bits per heavy atom. The molecule has 0 spiro atoms. The zero-order valence-corrected chi connectivity index (χ0v) is 26.7. The van der Waals surface area contributed by atoms with Crippen LogP contribution in [0.15, 0.2) is 45.6 Å². The first-order valence-corrected chi connectivity index (χ1v) is 15.7. The van der Waals surface area contributed by atoms with Crippen LogP contribution < -0.4 is 10.2 Å². The molecule has 11 N–H and O–H groups in total. The highest BCUT2D eigenvalue weighted by Gasteiger charge is 2.54. The number of ether oxygens (including phenoxy) is 6. The van der Waals surface area contributed by atoms with Crippen LogP contribution in [0.3, 0.4) is 0 Å². The quantitative estimate of drug-likeness (QED) is 0.105. The van der Waals surface area contributed by atoms with Gasteiger partial charge < -0.3 is 89.0 Å². The fourth-order valence-electron chi connectivity index (χ4n) is 5.98. The largest absolute Gasteiger partial charge is 0.508 e. The van der Waals surface area contributed by atoms with Crippen molar-refractivity contribution in [3.8, 4) is 34.3 Å². The smallest absolute Gasteiger partial charge is 0.239 e. The van der Waals surface area contributed by atoms with Gasteiger partial charge in [-0.2, -0.15) is 0 Å². The van der Waals surface area contributed by atoms with E-state index >= 15 is 0 Å². The van der Waals surface area contributed by atoms with Crippen LogP contribution in [0.2, 0.25) is 0 Å². The topological polar surface area (TPSA) is 308 Å². The van der Waals surface area contributed by atoms with Crippen LogP contribution >= 0.6 is 0 Å². The third kappa shape index (κ3) is 6.97. The molecule has 0 saturated carbocycles. The third-order valence-corrected chi connectivity index (χ3v) is 9.03. The van der Waals surface area contributed by atoms with Gasteiger partial charge in [0.1, 0.15) is 76.5 Å². The fourth-order valence-corrected chi connectivity index (χ4v) is 5.98. The average Bonchev–Trinajstić information content (AvgIpc) is 3.38. The summed E-state index contributed by atoms with van der Waals surface area (Å²) in [6, 6.07) is 7.15. The van der Waals surface area contributed by atoms with Crippen molar-refractivity contribution in [2.24, 2.45) is 0 Å². The fraction of sp³-hybridized carbons (Fsp3) is 0.531. The van der Waals surface area contributed by atoms with E-state index in [4.69, 9.17) is 32.8 Å². The lowest BCUT2D eigenvalue weighted by molar-refractivity contribution is -0.335. The Morgan fingerprint density at radius 2 is 1.55 bits per heavy atom. The zero-order chi connectivity index (χ0) is 36.9. The van der Waals surface area contributed by atoms with Crippen molar-refractivity contribution in [1.29, 1.82) is 0 Å². The number of hydrogen-bond donors (Lipinski definition) is 11. The van der Waals surface area contributed by atoms with Crippen LogP contribution in [-0.2, 0) is 23.7 Å². The molecule has 1 aromatic heterocycles. The van der Waals surface area contributed by atoms with E-state index in [2.05, 4.69) is 0 Å². The lowest BCUT2D eigenvalue weighted by atomic mass is 9.97. The second kappa shape index (κ2) is 14.4. The van der Waals surface area contributed by atoms with Gasteiger partial charge >= 0.3 is 0 Å². The molecule has 3 saturated heterocycles. The van der Waals surface area contributed by atoms with Crippen LogP contribution in [0.4, 0.5) is 0 Å².